The largest absolute Gasteiger partial charge is 0.480 e. The van der Waals surface area contributed by atoms with Gasteiger partial charge >= 0.3 is 5.97 Å². The molecule has 0 aliphatic rings. The van der Waals surface area contributed by atoms with Gasteiger partial charge < -0.3 is 5.11 Å². The predicted octanol–water partition coefficient (Wildman–Crippen LogP) is 2.90. The normalized spacial score (nSPS) is 15.0. The third-order valence-electron chi connectivity index (χ3n) is 2.43. The molecule has 0 amide bonds. The molecule has 0 spiro atoms. The van der Waals surface area contributed by atoms with Crippen molar-refractivity contribution in [3.05, 3.63) is 22.4 Å². The molecule has 0 bridgehead atoms. The molecule has 16 heavy (non-hydrogen) atoms. The van der Waals surface area contributed by atoms with Crippen molar-refractivity contribution in [1.29, 1.82) is 0 Å². The third kappa shape index (κ3) is 3.94. The van der Waals surface area contributed by atoms with Gasteiger partial charge in [-0.25, -0.2) is 0 Å². The highest BCUT2D eigenvalue weighted by molar-refractivity contribution is 7.10. The Labute approximate surface area is 100 Å². The van der Waals surface area contributed by atoms with E-state index in [0.717, 1.165) is 0 Å². The first-order valence-corrected chi connectivity index (χ1v) is 6.41. The molecule has 0 aromatic carbocycles. The minimum Gasteiger partial charge on any atom is -0.480 e. The van der Waals surface area contributed by atoms with Crippen LogP contribution in [0.15, 0.2) is 17.5 Å². The predicted molar refractivity (Wildman–Crippen MR) is 66.7 cm³/mol. The Morgan fingerprint density at radius 3 is 2.62 bits per heavy atom. The number of hydrogen-bond donors (Lipinski definition) is 2. The fraction of sp³-hybridized carbons (Fsp3) is 0.583. The monoisotopic (exact) mass is 241 g/mol. The van der Waals surface area contributed by atoms with Gasteiger partial charge in [0.05, 0.1) is 0 Å². The van der Waals surface area contributed by atoms with Crippen molar-refractivity contribution in [3.63, 3.8) is 0 Å². The Bertz CT molecular complexity index is 322. The van der Waals surface area contributed by atoms with Crippen molar-refractivity contribution >= 4 is 17.3 Å². The molecule has 0 aliphatic carbocycles. The first kappa shape index (κ1) is 13.2. The van der Waals surface area contributed by atoms with Crippen LogP contribution >= 0.6 is 11.3 Å². The first-order valence-electron chi connectivity index (χ1n) is 5.53. The lowest BCUT2D eigenvalue weighted by Crippen LogP contribution is -2.39. The van der Waals surface area contributed by atoms with Crippen LogP contribution in [-0.4, -0.2) is 17.1 Å². The molecule has 1 rings (SSSR count). The maximum Gasteiger partial charge on any atom is 0.320 e. The summed E-state index contributed by atoms with van der Waals surface area (Å²) in [4.78, 5) is 12.3. The molecule has 4 heteroatoms. The van der Waals surface area contributed by atoms with E-state index < -0.39 is 12.0 Å². The van der Waals surface area contributed by atoms with Gasteiger partial charge in [0.25, 0.3) is 0 Å². The molecule has 0 radical (unpaired) electrons. The summed E-state index contributed by atoms with van der Waals surface area (Å²) in [6.45, 7) is 6.07. The maximum absolute atomic E-state index is 11.1. The van der Waals surface area contributed by atoms with E-state index in [1.165, 1.54) is 4.88 Å². The Morgan fingerprint density at radius 1 is 1.50 bits per heavy atom. The van der Waals surface area contributed by atoms with Gasteiger partial charge in [-0.05, 0) is 30.7 Å². The number of hydrogen-bond acceptors (Lipinski definition) is 3. The van der Waals surface area contributed by atoms with E-state index in [2.05, 4.69) is 5.32 Å². The van der Waals surface area contributed by atoms with Crippen molar-refractivity contribution in [2.24, 2.45) is 5.92 Å². The van der Waals surface area contributed by atoms with Crippen LogP contribution in [0.1, 0.15) is 38.1 Å². The number of thiophene rings is 1. The molecular formula is C12H19NO2S. The number of carboxylic acid groups (broad SMARTS) is 1. The second-order valence-electron chi connectivity index (χ2n) is 4.42. The summed E-state index contributed by atoms with van der Waals surface area (Å²) >= 11 is 1.65. The highest BCUT2D eigenvalue weighted by Gasteiger charge is 2.21. The molecule has 1 heterocycles. The van der Waals surface area contributed by atoms with Crippen molar-refractivity contribution in [2.45, 2.75) is 39.3 Å². The standard InChI is InChI=1S/C12H19NO2S/c1-8(2)7-10(12(14)15)13-9(3)11-5-4-6-16-11/h4-6,8-10,13H,7H2,1-3H3,(H,14,15). The second-order valence-corrected chi connectivity index (χ2v) is 5.40. The van der Waals surface area contributed by atoms with E-state index >= 15 is 0 Å². The van der Waals surface area contributed by atoms with E-state index in [-0.39, 0.29) is 6.04 Å². The third-order valence-corrected chi connectivity index (χ3v) is 3.48. The van der Waals surface area contributed by atoms with E-state index in [1.807, 2.05) is 38.3 Å². The summed E-state index contributed by atoms with van der Waals surface area (Å²) < 4.78 is 0. The lowest BCUT2D eigenvalue weighted by molar-refractivity contribution is -0.140. The molecule has 90 valence electrons. The van der Waals surface area contributed by atoms with Crippen molar-refractivity contribution in [2.75, 3.05) is 0 Å². The van der Waals surface area contributed by atoms with Crippen molar-refractivity contribution in [1.82, 2.24) is 5.32 Å². The van der Waals surface area contributed by atoms with Gasteiger partial charge in [0, 0.05) is 10.9 Å². The van der Waals surface area contributed by atoms with E-state index in [0.29, 0.717) is 12.3 Å². The zero-order chi connectivity index (χ0) is 12.1. The molecule has 0 aliphatic heterocycles. The second kappa shape index (κ2) is 6.01. The zero-order valence-electron chi connectivity index (χ0n) is 9.93. The van der Waals surface area contributed by atoms with Crippen LogP contribution in [-0.2, 0) is 4.79 Å². The molecule has 2 atom stereocenters. The van der Waals surface area contributed by atoms with Crippen LogP contribution < -0.4 is 5.32 Å². The van der Waals surface area contributed by atoms with Crippen LogP contribution in [0.5, 0.6) is 0 Å². The molecule has 2 N–H and O–H groups in total. The number of rotatable bonds is 6. The van der Waals surface area contributed by atoms with E-state index in [4.69, 9.17) is 5.11 Å². The maximum atomic E-state index is 11.1. The Morgan fingerprint density at radius 2 is 2.19 bits per heavy atom. The fourth-order valence-electron chi connectivity index (χ4n) is 1.63. The molecule has 2 unspecified atom stereocenters. The molecule has 3 nitrogen and oxygen atoms in total. The highest BCUT2D eigenvalue weighted by atomic mass is 32.1. The van der Waals surface area contributed by atoms with E-state index in [1.54, 1.807) is 11.3 Å². The van der Waals surface area contributed by atoms with Crippen molar-refractivity contribution < 1.29 is 9.90 Å². The Balaban J connectivity index is 2.58. The van der Waals surface area contributed by atoms with Gasteiger partial charge in [0.1, 0.15) is 6.04 Å². The van der Waals surface area contributed by atoms with Gasteiger partial charge in [0.2, 0.25) is 0 Å². The lowest BCUT2D eigenvalue weighted by Gasteiger charge is -2.20. The number of aliphatic carboxylic acids is 1. The number of carboxylic acids is 1. The SMILES string of the molecule is CC(C)CC(NC(C)c1cccs1)C(=O)O. The van der Waals surface area contributed by atoms with Gasteiger partial charge in [-0.1, -0.05) is 19.9 Å². The molecular weight excluding hydrogens is 222 g/mol. The Kier molecular flexibility index (Phi) is 4.96. The first-order chi connectivity index (χ1) is 7.50. The molecule has 0 saturated heterocycles. The summed E-state index contributed by atoms with van der Waals surface area (Å²) in [5, 5.41) is 14.3. The summed E-state index contributed by atoms with van der Waals surface area (Å²) in [5.74, 6) is -0.388. The molecule has 0 saturated carbocycles. The summed E-state index contributed by atoms with van der Waals surface area (Å²) in [6, 6.07) is 3.64. The number of nitrogens with one attached hydrogen (secondary N) is 1. The summed E-state index contributed by atoms with van der Waals surface area (Å²) in [7, 11) is 0. The summed E-state index contributed by atoms with van der Waals surface area (Å²) in [6.07, 6.45) is 0.658. The molecule has 1 aromatic rings. The van der Waals surface area contributed by atoms with E-state index in [9.17, 15) is 4.79 Å². The smallest absolute Gasteiger partial charge is 0.320 e. The average molecular weight is 241 g/mol. The lowest BCUT2D eigenvalue weighted by atomic mass is 10.0. The molecule has 1 aromatic heterocycles. The average Bonchev–Trinajstić information content (AvgIpc) is 2.68. The van der Waals surface area contributed by atoms with Gasteiger partial charge in [-0.2, -0.15) is 0 Å². The van der Waals surface area contributed by atoms with Gasteiger partial charge in [-0.15, -0.1) is 11.3 Å². The zero-order valence-corrected chi connectivity index (χ0v) is 10.8. The summed E-state index contributed by atoms with van der Waals surface area (Å²) in [5.41, 5.74) is 0. The van der Waals surface area contributed by atoms with Crippen LogP contribution in [0.25, 0.3) is 0 Å². The van der Waals surface area contributed by atoms with Gasteiger partial charge in [0.15, 0.2) is 0 Å². The van der Waals surface area contributed by atoms with Crippen LogP contribution in [0.2, 0.25) is 0 Å². The van der Waals surface area contributed by atoms with Crippen LogP contribution in [0, 0.1) is 5.92 Å². The van der Waals surface area contributed by atoms with Crippen molar-refractivity contribution in [3.8, 4) is 0 Å². The van der Waals surface area contributed by atoms with Crippen LogP contribution in [0.4, 0.5) is 0 Å². The number of carbonyl (C=O) groups is 1. The van der Waals surface area contributed by atoms with Gasteiger partial charge in [-0.3, -0.25) is 10.1 Å². The van der Waals surface area contributed by atoms with Crippen LogP contribution in [0.3, 0.4) is 0 Å². The minimum absolute atomic E-state index is 0.0971. The topological polar surface area (TPSA) is 49.3 Å². The fourth-order valence-corrected chi connectivity index (χ4v) is 2.38. The molecule has 0 fully saturated rings. The Hall–Kier alpha value is -0.870. The highest BCUT2D eigenvalue weighted by Crippen LogP contribution is 2.19. The minimum atomic E-state index is -0.767. The quantitative estimate of drug-likeness (QED) is 0.805.